The van der Waals surface area contributed by atoms with Crippen molar-refractivity contribution < 1.29 is 4.74 Å². The fourth-order valence-electron chi connectivity index (χ4n) is 1.42. The first-order valence-electron chi connectivity index (χ1n) is 4.73. The Labute approximate surface area is 84.2 Å². The van der Waals surface area contributed by atoms with Crippen molar-refractivity contribution in [3.05, 3.63) is 17.5 Å². The van der Waals surface area contributed by atoms with Gasteiger partial charge in [0.25, 0.3) is 0 Å². The first-order valence-corrected chi connectivity index (χ1v) is 4.73. The number of rotatable bonds is 5. The second-order valence-corrected chi connectivity index (χ2v) is 3.22. The van der Waals surface area contributed by atoms with Crippen LogP contribution in [0, 0.1) is 6.92 Å². The monoisotopic (exact) mass is 198 g/mol. The molecule has 0 radical (unpaired) electrons. The molecule has 0 aliphatic carbocycles. The molecule has 0 saturated heterocycles. The van der Waals surface area contributed by atoms with Crippen LogP contribution < -0.4 is 11.3 Å². The quantitative estimate of drug-likeness (QED) is 0.526. The van der Waals surface area contributed by atoms with E-state index in [0.29, 0.717) is 13.2 Å². The first kappa shape index (κ1) is 11.2. The summed E-state index contributed by atoms with van der Waals surface area (Å²) in [5.41, 5.74) is 4.80. The molecule has 0 bridgehead atoms. The second-order valence-electron chi connectivity index (χ2n) is 3.22. The number of hydrogen-bond acceptors (Lipinski definition) is 4. The van der Waals surface area contributed by atoms with Gasteiger partial charge in [0.15, 0.2) is 0 Å². The molecule has 0 amide bonds. The Morgan fingerprint density at radius 2 is 2.43 bits per heavy atom. The number of hydrazine groups is 1. The Bertz CT molecular complexity index is 284. The first-order chi connectivity index (χ1) is 6.69. The summed E-state index contributed by atoms with van der Waals surface area (Å²) in [6, 6.07) is 0.0173. The zero-order valence-corrected chi connectivity index (χ0v) is 8.95. The summed E-state index contributed by atoms with van der Waals surface area (Å²) in [6.07, 6.45) is 1.96. The third kappa shape index (κ3) is 2.54. The molecular weight excluding hydrogens is 180 g/mol. The third-order valence-corrected chi connectivity index (χ3v) is 2.12. The van der Waals surface area contributed by atoms with Gasteiger partial charge in [0.1, 0.15) is 0 Å². The lowest BCUT2D eigenvalue weighted by Crippen LogP contribution is -2.31. The summed E-state index contributed by atoms with van der Waals surface area (Å²) >= 11 is 0. The summed E-state index contributed by atoms with van der Waals surface area (Å²) in [5, 5.41) is 4.25. The average Bonchev–Trinajstić information content (AvgIpc) is 2.47. The van der Waals surface area contributed by atoms with Crippen molar-refractivity contribution in [3.63, 3.8) is 0 Å². The molecule has 1 rings (SSSR count). The molecule has 0 fully saturated rings. The van der Waals surface area contributed by atoms with E-state index in [2.05, 4.69) is 10.5 Å². The maximum absolute atomic E-state index is 5.46. The summed E-state index contributed by atoms with van der Waals surface area (Å²) in [7, 11) is 1.89. The Hall–Kier alpha value is -0.910. The fraction of sp³-hybridized carbons (Fsp3) is 0.667. The summed E-state index contributed by atoms with van der Waals surface area (Å²) in [4.78, 5) is 0. The van der Waals surface area contributed by atoms with Crippen molar-refractivity contribution in [2.24, 2.45) is 12.9 Å². The van der Waals surface area contributed by atoms with Crippen molar-refractivity contribution in [3.8, 4) is 0 Å². The van der Waals surface area contributed by atoms with Gasteiger partial charge in [-0.05, 0) is 13.8 Å². The van der Waals surface area contributed by atoms with Gasteiger partial charge in [0.05, 0.1) is 18.3 Å². The third-order valence-electron chi connectivity index (χ3n) is 2.12. The van der Waals surface area contributed by atoms with Crippen LogP contribution in [-0.4, -0.2) is 23.0 Å². The highest BCUT2D eigenvalue weighted by Gasteiger charge is 2.14. The molecule has 5 nitrogen and oxygen atoms in total. The maximum atomic E-state index is 5.46. The molecule has 3 N–H and O–H groups in total. The van der Waals surface area contributed by atoms with Crippen molar-refractivity contribution in [2.75, 3.05) is 13.2 Å². The summed E-state index contributed by atoms with van der Waals surface area (Å²) in [5.74, 6) is 5.46. The van der Waals surface area contributed by atoms with Crippen molar-refractivity contribution in [1.29, 1.82) is 0 Å². The molecule has 0 aliphatic rings. The Morgan fingerprint density at radius 1 is 1.71 bits per heavy atom. The van der Waals surface area contributed by atoms with Gasteiger partial charge in [0, 0.05) is 25.4 Å². The highest BCUT2D eigenvalue weighted by atomic mass is 16.5. The van der Waals surface area contributed by atoms with E-state index in [-0.39, 0.29) is 6.04 Å². The molecule has 0 spiro atoms. The van der Waals surface area contributed by atoms with Gasteiger partial charge < -0.3 is 4.74 Å². The lowest BCUT2D eigenvalue weighted by molar-refractivity contribution is 0.123. The van der Waals surface area contributed by atoms with E-state index in [0.717, 1.165) is 11.3 Å². The van der Waals surface area contributed by atoms with E-state index in [1.165, 1.54) is 0 Å². The number of aromatic nitrogens is 2. The normalized spacial score (nSPS) is 13.1. The number of nitrogens with one attached hydrogen (secondary N) is 1. The predicted molar refractivity (Wildman–Crippen MR) is 54.5 cm³/mol. The molecule has 1 heterocycles. The molecule has 5 heteroatoms. The summed E-state index contributed by atoms with van der Waals surface area (Å²) < 4.78 is 7.10. The van der Waals surface area contributed by atoms with E-state index in [4.69, 9.17) is 10.6 Å². The Kier molecular flexibility index (Phi) is 4.06. The topological polar surface area (TPSA) is 65.1 Å². The Balaban J connectivity index is 2.72. The lowest BCUT2D eigenvalue weighted by atomic mass is 10.1. The molecule has 0 saturated carbocycles. The minimum atomic E-state index is 0.0173. The second kappa shape index (κ2) is 5.09. The lowest BCUT2D eigenvalue weighted by Gasteiger charge is -2.14. The standard InChI is InChI=1S/C9H18N4O/c1-4-14-6-9(11-10)8-5-13(3)12-7(8)2/h5,9,11H,4,6,10H2,1-3H3. The van der Waals surface area contributed by atoms with E-state index < -0.39 is 0 Å². The van der Waals surface area contributed by atoms with Crippen LogP contribution in [0.25, 0.3) is 0 Å². The molecular formula is C9H18N4O. The highest BCUT2D eigenvalue weighted by molar-refractivity contribution is 5.19. The van der Waals surface area contributed by atoms with Crippen LogP contribution in [-0.2, 0) is 11.8 Å². The maximum Gasteiger partial charge on any atom is 0.0727 e. The van der Waals surface area contributed by atoms with Crippen molar-refractivity contribution >= 4 is 0 Å². The molecule has 1 atom stereocenters. The van der Waals surface area contributed by atoms with Gasteiger partial charge in [-0.15, -0.1) is 0 Å². The number of nitrogens with two attached hydrogens (primary N) is 1. The molecule has 1 aromatic rings. The van der Waals surface area contributed by atoms with Crippen LogP contribution in [0.2, 0.25) is 0 Å². The molecule has 1 unspecified atom stereocenters. The van der Waals surface area contributed by atoms with Gasteiger partial charge in [-0.1, -0.05) is 0 Å². The van der Waals surface area contributed by atoms with Gasteiger partial charge in [-0.25, -0.2) is 0 Å². The zero-order chi connectivity index (χ0) is 10.6. The molecule has 14 heavy (non-hydrogen) atoms. The molecule has 0 aromatic carbocycles. The zero-order valence-electron chi connectivity index (χ0n) is 8.95. The number of nitrogens with zero attached hydrogens (tertiary/aromatic N) is 2. The summed E-state index contributed by atoms with van der Waals surface area (Å²) in [6.45, 7) is 5.19. The largest absolute Gasteiger partial charge is 0.380 e. The van der Waals surface area contributed by atoms with Crippen LogP contribution in [0.4, 0.5) is 0 Å². The SMILES string of the molecule is CCOCC(NN)c1cn(C)nc1C. The van der Waals surface area contributed by atoms with E-state index in [1.807, 2.05) is 27.1 Å². The van der Waals surface area contributed by atoms with Crippen LogP contribution in [0.3, 0.4) is 0 Å². The van der Waals surface area contributed by atoms with Crippen LogP contribution >= 0.6 is 0 Å². The van der Waals surface area contributed by atoms with Gasteiger partial charge in [-0.2, -0.15) is 5.10 Å². The molecule has 80 valence electrons. The minimum absolute atomic E-state index is 0.0173. The van der Waals surface area contributed by atoms with E-state index in [1.54, 1.807) is 4.68 Å². The van der Waals surface area contributed by atoms with Gasteiger partial charge in [0.2, 0.25) is 0 Å². The van der Waals surface area contributed by atoms with Crippen LogP contribution in [0.15, 0.2) is 6.20 Å². The van der Waals surface area contributed by atoms with Crippen molar-refractivity contribution in [2.45, 2.75) is 19.9 Å². The molecule has 1 aromatic heterocycles. The predicted octanol–water partition coefficient (Wildman–Crippen LogP) is 0.269. The number of ether oxygens (including phenoxy) is 1. The average molecular weight is 198 g/mol. The smallest absolute Gasteiger partial charge is 0.0727 e. The van der Waals surface area contributed by atoms with Gasteiger partial charge >= 0.3 is 0 Å². The minimum Gasteiger partial charge on any atom is -0.380 e. The van der Waals surface area contributed by atoms with Crippen LogP contribution in [0.1, 0.15) is 24.2 Å². The number of aryl methyl sites for hydroxylation is 2. The van der Waals surface area contributed by atoms with Crippen molar-refractivity contribution in [1.82, 2.24) is 15.2 Å². The molecule has 0 aliphatic heterocycles. The van der Waals surface area contributed by atoms with Crippen LogP contribution in [0.5, 0.6) is 0 Å². The fourth-order valence-corrected chi connectivity index (χ4v) is 1.42. The van der Waals surface area contributed by atoms with E-state index >= 15 is 0 Å². The van der Waals surface area contributed by atoms with Gasteiger partial charge in [-0.3, -0.25) is 16.0 Å². The highest BCUT2D eigenvalue weighted by Crippen LogP contribution is 2.15. The Morgan fingerprint density at radius 3 is 2.86 bits per heavy atom. The number of hydrogen-bond donors (Lipinski definition) is 2. The van der Waals surface area contributed by atoms with E-state index in [9.17, 15) is 0 Å².